The van der Waals surface area contributed by atoms with Crippen LogP contribution in [0.3, 0.4) is 0 Å². The molecule has 0 radical (unpaired) electrons. The molecule has 1 amide bonds. The molecule has 0 unspecified atom stereocenters. The number of anilines is 4. The zero-order valence-electron chi connectivity index (χ0n) is 22.4. The molecule has 11 nitrogen and oxygen atoms in total. The topological polar surface area (TPSA) is 173 Å². The second kappa shape index (κ2) is 12.3. The maximum atomic E-state index is 12.6. The van der Waals surface area contributed by atoms with Gasteiger partial charge in [0.25, 0.3) is 20.0 Å². The minimum Gasteiger partial charge on any atom is -0.398 e. The first-order valence-electron chi connectivity index (χ1n) is 12.5. The second-order valence-electron chi connectivity index (χ2n) is 8.92. The molecule has 0 saturated carbocycles. The lowest BCUT2D eigenvalue weighted by atomic mass is 10.1. The van der Waals surface area contributed by atoms with Gasteiger partial charge in [0.1, 0.15) is 0 Å². The summed E-state index contributed by atoms with van der Waals surface area (Å²) in [5.41, 5.74) is 7.00. The highest BCUT2D eigenvalue weighted by Gasteiger charge is 2.21. The smallest absolute Gasteiger partial charge is 0.264 e. The van der Waals surface area contributed by atoms with Crippen molar-refractivity contribution >= 4 is 91.8 Å². The Morgan fingerprint density at radius 3 is 1.63 bits per heavy atom. The summed E-state index contributed by atoms with van der Waals surface area (Å²) in [6.45, 7) is 1.41. The molecule has 2 heterocycles. The summed E-state index contributed by atoms with van der Waals surface area (Å²) in [5, 5.41) is 9.25. The fourth-order valence-corrected chi connectivity index (χ4v) is 8.22. The Morgan fingerprint density at radius 1 is 0.674 bits per heavy atom. The molecule has 15 heteroatoms. The Bertz CT molecular complexity index is 2130. The molecule has 0 aliphatic rings. The molecule has 2 aromatic heterocycles. The normalized spacial score (nSPS) is 11.5. The molecule has 6 aromatic rings. The van der Waals surface area contributed by atoms with Crippen molar-refractivity contribution in [3.05, 3.63) is 96.0 Å². The summed E-state index contributed by atoms with van der Waals surface area (Å²) in [6, 6.07) is 20.3. The molecule has 0 atom stereocenters. The molecule has 4 aromatic carbocycles. The number of carbonyl (C=O) groups is 1. The van der Waals surface area contributed by atoms with Gasteiger partial charge in [-0.05, 0) is 24.3 Å². The highest BCUT2D eigenvalue weighted by molar-refractivity contribution is 7.93. The number of hydrogen-bond donors (Lipinski definition) is 4. The van der Waals surface area contributed by atoms with Gasteiger partial charge in [-0.2, -0.15) is 0 Å². The van der Waals surface area contributed by atoms with Crippen molar-refractivity contribution in [2.24, 2.45) is 0 Å². The van der Waals surface area contributed by atoms with Gasteiger partial charge in [0.2, 0.25) is 5.91 Å². The van der Waals surface area contributed by atoms with E-state index in [1.807, 2.05) is 6.07 Å². The second-order valence-corrected chi connectivity index (χ2v) is 14.0. The molecule has 0 fully saturated rings. The number of carbonyl (C=O) groups excluding carboxylic acids is 1. The van der Waals surface area contributed by atoms with E-state index in [-0.39, 0.29) is 15.7 Å². The monoisotopic (exact) mass is 652 g/mol. The number of nitrogen functional groups attached to an aromatic ring is 1. The third kappa shape index (κ3) is 6.75. The molecule has 0 spiro atoms. The predicted octanol–water partition coefficient (Wildman–Crippen LogP) is 5.73. The summed E-state index contributed by atoms with van der Waals surface area (Å²) in [7, 11) is -7.45. The Hall–Kier alpha value is -4.57. The zero-order valence-corrected chi connectivity index (χ0v) is 25.6. The zero-order chi connectivity index (χ0) is 30.6. The molecule has 0 bridgehead atoms. The summed E-state index contributed by atoms with van der Waals surface area (Å²) in [4.78, 5) is 19.5. The van der Waals surface area contributed by atoms with E-state index >= 15 is 0 Å². The van der Waals surface area contributed by atoms with E-state index < -0.39 is 20.0 Å². The van der Waals surface area contributed by atoms with Crippen molar-refractivity contribution in [3.8, 4) is 0 Å². The largest absolute Gasteiger partial charge is 0.398 e. The van der Waals surface area contributed by atoms with Crippen LogP contribution in [0, 0.1) is 0 Å². The van der Waals surface area contributed by atoms with Gasteiger partial charge in [0.05, 0.1) is 9.79 Å². The third-order valence-corrected chi connectivity index (χ3v) is 10.4. The molecule has 43 heavy (non-hydrogen) atoms. The number of rotatable bonds is 7. The molecule has 0 saturated heterocycles. The predicted molar refractivity (Wildman–Crippen MR) is 172 cm³/mol. The van der Waals surface area contributed by atoms with Crippen molar-refractivity contribution in [2.45, 2.75) is 16.7 Å². The fraction of sp³-hybridized carbons (Fsp3) is 0.0357. The summed E-state index contributed by atoms with van der Waals surface area (Å²) in [5.74, 6) is -0.216. The van der Waals surface area contributed by atoms with E-state index in [4.69, 9.17) is 5.73 Å². The Kier molecular flexibility index (Phi) is 8.59. The lowest BCUT2D eigenvalue weighted by molar-refractivity contribution is -0.114. The van der Waals surface area contributed by atoms with Crippen LogP contribution in [0.1, 0.15) is 6.92 Å². The van der Waals surface area contributed by atoms with Crippen LogP contribution in [0.5, 0.6) is 0 Å². The number of aromatic nitrogens is 2. The van der Waals surface area contributed by atoms with Gasteiger partial charge in [-0.15, -0.1) is 22.7 Å². The molecular formula is C28H24N6O5S4. The van der Waals surface area contributed by atoms with Gasteiger partial charge in [-0.25, -0.2) is 26.8 Å². The number of sulfonamides is 2. The van der Waals surface area contributed by atoms with E-state index in [2.05, 4.69) is 24.7 Å². The Balaban J connectivity index is 0.000000173. The number of thiazole rings is 2. The van der Waals surface area contributed by atoms with E-state index in [9.17, 15) is 21.6 Å². The Morgan fingerprint density at radius 2 is 1.14 bits per heavy atom. The van der Waals surface area contributed by atoms with E-state index in [0.717, 1.165) is 5.39 Å². The summed E-state index contributed by atoms with van der Waals surface area (Å²) < 4.78 is 55.0. The number of benzene rings is 4. The molecule has 0 aliphatic heterocycles. The van der Waals surface area contributed by atoms with Crippen molar-refractivity contribution < 1.29 is 21.6 Å². The van der Waals surface area contributed by atoms with Crippen LogP contribution in [0.15, 0.2) is 106 Å². The Labute approximate surface area is 255 Å². The van der Waals surface area contributed by atoms with Crippen LogP contribution in [-0.4, -0.2) is 32.7 Å². The van der Waals surface area contributed by atoms with Gasteiger partial charge in [-0.1, -0.05) is 48.5 Å². The third-order valence-electron chi connectivity index (χ3n) is 6.00. The molecule has 220 valence electrons. The minimum absolute atomic E-state index is 0.136. The molecule has 0 aliphatic carbocycles. The number of hydrogen-bond acceptors (Lipinski definition) is 10. The first-order chi connectivity index (χ1) is 20.5. The maximum absolute atomic E-state index is 12.6. The standard InChI is InChI=1S/C15H13N3O3S2.C13H11N3O2S2/c1-10(19)17-13-6-7-14(12-5-3-2-4-11(12)13)23(20,21)18-15-16-8-9-22-15;14-11-5-6-12(10-4-2-1-3-9(10)11)20(17,18)16-13-15-7-8-19-13/h2-9H,1H3,(H,16,18)(H,17,19);1-8H,14H2,(H,15,16). The number of nitrogens with zero attached hydrogens (tertiary/aromatic N) is 2. The highest BCUT2D eigenvalue weighted by Crippen LogP contribution is 2.31. The highest BCUT2D eigenvalue weighted by atomic mass is 32.2. The number of nitrogens with one attached hydrogen (secondary N) is 3. The lowest BCUT2D eigenvalue weighted by Crippen LogP contribution is -2.14. The van der Waals surface area contributed by atoms with Gasteiger partial charge in [0, 0.05) is 63.0 Å². The van der Waals surface area contributed by atoms with Crippen LogP contribution >= 0.6 is 22.7 Å². The van der Waals surface area contributed by atoms with E-state index in [1.165, 1.54) is 47.9 Å². The fourth-order valence-electron chi connectivity index (χ4n) is 4.22. The van der Waals surface area contributed by atoms with Gasteiger partial charge in [0.15, 0.2) is 10.3 Å². The minimum atomic E-state index is -3.77. The van der Waals surface area contributed by atoms with Crippen molar-refractivity contribution in [2.75, 3.05) is 20.5 Å². The average Bonchev–Trinajstić information content (AvgIpc) is 3.67. The average molecular weight is 653 g/mol. The van der Waals surface area contributed by atoms with E-state index in [0.29, 0.717) is 37.8 Å². The van der Waals surface area contributed by atoms with Gasteiger partial charge < -0.3 is 11.1 Å². The van der Waals surface area contributed by atoms with Gasteiger partial charge in [-0.3, -0.25) is 14.2 Å². The van der Waals surface area contributed by atoms with Gasteiger partial charge >= 0.3 is 0 Å². The quantitative estimate of drug-likeness (QED) is 0.158. The van der Waals surface area contributed by atoms with Crippen LogP contribution < -0.4 is 20.5 Å². The van der Waals surface area contributed by atoms with Crippen LogP contribution in [-0.2, 0) is 24.8 Å². The van der Waals surface area contributed by atoms with Crippen molar-refractivity contribution in [3.63, 3.8) is 0 Å². The number of amides is 1. The summed E-state index contributed by atoms with van der Waals surface area (Å²) in [6.07, 6.45) is 3.07. The first kappa shape index (κ1) is 29.9. The molecule has 6 rings (SSSR count). The first-order valence-corrected chi connectivity index (χ1v) is 17.2. The van der Waals surface area contributed by atoms with Crippen LogP contribution in [0.25, 0.3) is 21.5 Å². The summed E-state index contributed by atoms with van der Waals surface area (Å²) >= 11 is 2.43. The van der Waals surface area contributed by atoms with Crippen molar-refractivity contribution in [1.82, 2.24) is 9.97 Å². The number of fused-ring (bicyclic) bond motifs is 2. The van der Waals surface area contributed by atoms with E-state index in [1.54, 1.807) is 71.6 Å². The van der Waals surface area contributed by atoms with Crippen LogP contribution in [0.2, 0.25) is 0 Å². The van der Waals surface area contributed by atoms with Crippen molar-refractivity contribution in [1.29, 1.82) is 0 Å². The SMILES string of the molecule is CC(=O)Nc1ccc(S(=O)(=O)Nc2nccs2)c2ccccc12.Nc1ccc(S(=O)(=O)Nc2nccs2)c2ccccc12. The number of nitrogens with two attached hydrogens (primary N) is 1. The molecule has 5 N–H and O–H groups in total. The maximum Gasteiger partial charge on any atom is 0.264 e. The molecular weight excluding hydrogens is 629 g/mol. The van der Waals surface area contributed by atoms with Crippen LogP contribution in [0.4, 0.5) is 21.6 Å². The lowest BCUT2D eigenvalue weighted by Gasteiger charge is -2.12.